The molecule has 1 fully saturated rings. The number of anilines is 3. The number of hydrogen-bond acceptors (Lipinski definition) is 8. The third kappa shape index (κ3) is 7.66. The van der Waals surface area contributed by atoms with Crippen LogP contribution < -0.4 is 15.1 Å². The second-order valence-corrected chi connectivity index (χ2v) is 10.3. The van der Waals surface area contributed by atoms with E-state index in [4.69, 9.17) is 21.5 Å². The van der Waals surface area contributed by atoms with Gasteiger partial charge in [-0.05, 0) is 51.9 Å². The number of carbonyl (C=O) groups is 1. The molecule has 220 valence electrons. The van der Waals surface area contributed by atoms with E-state index in [1.807, 2.05) is 6.07 Å². The van der Waals surface area contributed by atoms with E-state index in [9.17, 15) is 13.2 Å². The lowest BCUT2D eigenvalue weighted by molar-refractivity contribution is -0.192. The van der Waals surface area contributed by atoms with Gasteiger partial charge in [-0.15, -0.1) is 0 Å². The topological polar surface area (TPSA) is 114 Å². The number of nitrogens with zero attached hydrogens (tertiary/aromatic N) is 6. The van der Waals surface area contributed by atoms with Crippen LogP contribution in [0.1, 0.15) is 32.0 Å². The van der Waals surface area contributed by atoms with E-state index in [-0.39, 0.29) is 0 Å². The maximum atomic E-state index is 10.6. The molecule has 0 unspecified atom stereocenters. The fourth-order valence-corrected chi connectivity index (χ4v) is 4.57. The highest BCUT2D eigenvalue weighted by Gasteiger charge is 2.38. The molecule has 10 nitrogen and oxygen atoms in total. The van der Waals surface area contributed by atoms with E-state index in [2.05, 4.69) is 81.0 Å². The third-order valence-corrected chi connectivity index (χ3v) is 7.13. The van der Waals surface area contributed by atoms with Gasteiger partial charge in [-0.1, -0.05) is 18.5 Å². The molecule has 0 spiro atoms. The first kappa shape index (κ1) is 31.2. The normalized spacial score (nSPS) is 14.1. The van der Waals surface area contributed by atoms with Gasteiger partial charge in [0.15, 0.2) is 5.65 Å². The summed E-state index contributed by atoms with van der Waals surface area (Å²) in [6.45, 7) is 14.2. The van der Waals surface area contributed by atoms with Gasteiger partial charge in [0, 0.05) is 61.7 Å². The standard InChI is InChI=1S/C24H35ClN8.C2HF3O2/c1-6-19-22-23(30-29-19)27-15-28-24(22)33-11-9-32(10-12-33)21-14-18(25)13-20(17(21)4)26-7-8-31(5)16(2)3;3-2(4,5)1(6)7/h13-16,26H,6-12H2,1-5H3,(H,27,28,29,30);(H,6,7). The number of aliphatic carboxylic acids is 1. The van der Waals surface area contributed by atoms with Crippen molar-refractivity contribution in [3.63, 3.8) is 0 Å². The molecule has 0 saturated carbocycles. The molecular weight excluding hydrogens is 549 g/mol. The first-order valence-electron chi connectivity index (χ1n) is 13.1. The minimum atomic E-state index is -5.08. The van der Waals surface area contributed by atoms with Crippen molar-refractivity contribution in [3.8, 4) is 0 Å². The summed E-state index contributed by atoms with van der Waals surface area (Å²) in [7, 11) is 2.15. The van der Waals surface area contributed by atoms with Gasteiger partial charge in [-0.25, -0.2) is 14.8 Å². The summed E-state index contributed by atoms with van der Waals surface area (Å²) in [5.74, 6) is -1.78. The zero-order valence-electron chi connectivity index (χ0n) is 23.3. The Labute approximate surface area is 236 Å². The predicted molar refractivity (Wildman–Crippen MR) is 152 cm³/mol. The van der Waals surface area contributed by atoms with Crippen LogP contribution in [-0.4, -0.2) is 94.7 Å². The van der Waals surface area contributed by atoms with Crippen LogP contribution in [0.15, 0.2) is 18.5 Å². The summed E-state index contributed by atoms with van der Waals surface area (Å²) in [6, 6.07) is 4.66. The molecule has 0 bridgehead atoms. The molecule has 40 heavy (non-hydrogen) atoms. The largest absolute Gasteiger partial charge is 0.490 e. The SMILES string of the molecule is CCc1n[nH]c2ncnc(N3CCN(c4cc(Cl)cc(NCCN(C)C(C)C)c4C)CC3)c12.O=C(O)C(F)(F)F. The van der Waals surface area contributed by atoms with E-state index in [1.54, 1.807) is 6.33 Å². The summed E-state index contributed by atoms with van der Waals surface area (Å²) in [6.07, 6.45) is -2.61. The monoisotopic (exact) mass is 584 g/mol. The Morgan fingerprint density at radius 2 is 1.82 bits per heavy atom. The number of likely N-dealkylation sites (N-methyl/N-ethyl adjacent to an activating group) is 1. The highest BCUT2D eigenvalue weighted by Crippen LogP contribution is 2.33. The summed E-state index contributed by atoms with van der Waals surface area (Å²) in [4.78, 5) is 25.0. The van der Waals surface area contributed by atoms with Crippen molar-refractivity contribution in [1.82, 2.24) is 25.1 Å². The first-order chi connectivity index (χ1) is 18.8. The number of halogens is 4. The van der Waals surface area contributed by atoms with E-state index in [1.165, 1.54) is 11.3 Å². The highest BCUT2D eigenvalue weighted by atomic mass is 35.5. The molecule has 1 saturated heterocycles. The Hall–Kier alpha value is -3.32. The van der Waals surface area contributed by atoms with Gasteiger partial charge < -0.3 is 25.1 Å². The summed E-state index contributed by atoms with van der Waals surface area (Å²) in [5, 5.41) is 20.0. The number of benzene rings is 1. The predicted octanol–water partition coefficient (Wildman–Crippen LogP) is 4.59. The van der Waals surface area contributed by atoms with Crippen LogP contribution in [0.25, 0.3) is 11.0 Å². The van der Waals surface area contributed by atoms with Gasteiger partial charge in [0.1, 0.15) is 12.1 Å². The molecule has 1 aliphatic heterocycles. The number of nitrogens with one attached hydrogen (secondary N) is 2. The van der Waals surface area contributed by atoms with Gasteiger partial charge >= 0.3 is 12.1 Å². The zero-order chi connectivity index (χ0) is 29.6. The van der Waals surface area contributed by atoms with Crippen LogP contribution in [0.4, 0.5) is 30.4 Å². The average molecular weight is 585 g/mol. The minimum Gasteiger partial charge on any atom is -0.475 e. The lowest BCUT2D eigenvalue weighted by Gasteiger charge is -2.38. The maximum absolute atomic E-state index is 10.6. The zero-order valence-corrected chi connectivity index (χ0v) is 24.1. The van der Waals surface area contributed by atoms with Gasteiger partial charge in [0.25, 0.3) is 0 Å². The van der Waals surface area contributed by atoms with Crippen LogP contribution in [-0.2, 0) is 11.2 Å². The molecular formula is C26H36ClF3N8O2. The second kappa shape index (κ2) is 13.4. The van der Waals surface area contributed by atoms with E-state index < -0.39 is 12.1 Å². The van der Waals surface area contributed by atoms with Crippen molar-refractivity contribution in [2.24, 2.45) is 0 Å². The Kier molecular flexibility index (Phi) is 10.4. The number of H-pyrrole nitrogens is 1. The molecule has 0 amide bonds. The number of hydrogen-bond donors (Lipinski definition) is 3. The number of carboxylic acids is 1. The Morgan fingerprint density at radius 3 is 2.40 bits per heavy atom. The molecule has 0 radical (unpaired) electrons. The Morgan fingerprint density at radius 1 is 1.20 bits per heavy atom. The Balaban J connectivity index is 0.000000559. The summed E-state index contributed by atoms with van der Waals surface area (Å²) >= 11 is 6.53. The van der Waals surface area contributed by atoms with Crippen LogP contribution in [0.5, 0.6) is 0 Å². The van der Waals surface area contributed by atoms with Gasteiger partial charge in [0.2, 0.25) is 0 Å². The minimum absolute atomic E-state index is 0.533. The van der Waals surface area contributed by atoms with Crippen LogP contribution in [0.2, 0.25) is 5.02 Å². The van der Waals surface area contributed by atoms with Crippen molar-refractivity contribution in [2.45, 2.75) is 46.3 Å². The molecule has 14 heteroatoms. The van der Waals surface area contributed by atoms with Crippen molar-refractivity contribution in [3.05, 3.63) is 34.7 Å². The van der Waals surface area contributed by atoms with Crippen molar-refractivity contribution in [2.75, 3.05) is 61.4 Å². The number of carboxylic acid groups (broad SMARTS) is 1. The second-order valence-electron chi connectivity index (χ2n) is 9.82. The number of alkyl halides is 3. The first-order valence-corrected chi connectivity index (χ1v) is 13.4. The molecule has 0 atom stereocenters. The smallest absolute Gasteiger partial charge is 0.475 e. The molecule has 1 aromatic carbocycles. The third-order valence-electron chi connectivity index (χ3n) is 6.92. The molecule has 3 N–H and O–H groups in total. The van der Waals surface area contributed by atoms with Crippen LogP contribution >= 0.6 is 11.6 Å². The molecule has 0 aliphatic carbocycles. The van der Waals surface area contributed by atoms with E-state index >= 15 is 0 Å². The fourth-order valence-electron chi connectivity index (χ4n) is 4.36. The molecule has 4 rings (SSSR count). The maximum Gasteiger partial charge on any atom is 0.490 e. The molecule has 2 aromatic heterocycles. The number of piperazine rings is 1. The number of fused-ring (bicyclic) bond motifs is 1. The Bertz CT molecular complexity index is 1290. The van der Waals surface area contributed by atoms with Crippen molar-refractivity contribution < 1.29 is 23.1 Å². The summed E-state index contributed by atoms with van der Waals surface area (Å²) < 4.78 is 31.7. The number of aromatic nitrogens is 4. The quantitative estimate of drug-likeness (QED) is 0.350. The van der Waals surface area contributed by atoms with Gasteiger partial charge in [0.05, 0.1) is 11.1 Å². The van der Waals surface area contributed by atoms with E-state index in [0.29, 0.717) is 6.04 Å². The van der Waals surface area contributed by atoms with Crippen LogP contribution in [0, 0.1) is 6.92 Å². The number of aromatic amines is 1. The molecule has 1 aliphatic rings. The average Bonchev–Trinajstić information content (AvgIpc) is 3.34. The van der Waals surface area contributed by atoms with Crippen LogP contribution in [0.3, 0.4) is 0 Å². The summed E-state index contributed by atoms with van der Waals surface area (Å²) in [5.41, 5.74) is 5.39. The lowest BCUT2D eigenvalue weighted by Crippen LogP contribution is -2.47. The number of rotatable bonds is 8. The van der Waals surface area contributed by atoms with Crippen molar-refractivity contribution >= 4 is 45.8 Å². The van der Waals surface area contributed by atoms with E-state index in [0.717, 1.165) is 78.9 Å². The molecule has 3 heterocycles. The lowest BCUT2D eigenvalue weighted by atomic mass is 10.1. The van der Waals surface area contributed by atoms with Gasteiger partial charge in [-0.2, -0.15) is 18.3 Å². The molecule has 3 aromatic rings. The van der Waals surface area contributed by atoms with Crippen molar-refractivity contribution in [1.29, 1.82) is 0 Å². The van der Waals surface area contributed by atoms with Gasteiger partial charge in [-0.3, -0.25) is 5.10 Å². The number of aryl methyl sites for hydroxylation is 1. The highest BCUT2D eigenvalue weighted by molar-refractivity contribution is 6.31. The fraction of sp³-hybridized carbons (Fsp3) is 0.538.